The van der Waals surface area contributed by atoms with Gasteiger partial charge in [-0.1, -0.05) is 34.6 Å². The molecular formula is C12H23N3. The second-order valence-corrected chi connectivity index (χ2v) is 3.54. The summed E-state index contributed by atoms with van der Waals surface area (Å²) < 4.78 is 0. The minimum absolute atomic E-state index is 0.388. The monoisotopic (exact) mass is 209 g/mol. The molecule has 3 nitrogen and oxygen atoms in total. The Morgan fingerprint density at radius 3 is 2.13 bits per heavy atom. The number of hydrogen-bond acceptors (Lipinski definition) is 3. The Morgan fingerprint density at radius 2 is 1.73 bits per heavy atom. The van der Waals surface area contributed by atoms with E-state index in [9.17, 15) is 0 Å². The van der Waals surface area contributed by atoms with Gasteiger partial charge in [-0.2, -0.15) is 0 Å². The van der Waals surface area contributed by atoms with Crippen LogP contribution in [0.4, 0.5) is 5.95 Å². The van der Waals surface area contributed by atoms with Crippen LogP contribution < -0.4 is 5.73 Å². The summed E-state index contributed by atoms with van der Waals surface area (Å²) >= 11 is 0. The van der Waals surface area contributed by atoms with E-state index in [1.165, 1.54) is 5.56 Å². The summed E-state index contributed by atoms with van der Waals surface area (Å²) in [6, 6.07) is 0. The average molecular weight is 209 g/mol. The minimum Gasteiger partial charge on any atom is -0.368 e. The van der Waals surface area contributed by atoms with Crippen LogP contribution in [0.15, 0.2) is 0 Å². The van der Waals surface area contributed by atoms with Crippen molar-refractivity contribution in [2.75, 3.05) is 5.73 Å². The molecule has 15 heavy (non-hydrogen) atoms. The molecule has 0 spiro atoms. The van der Waals surface area contributed by atoms with E-state index in [1.54, 1.807) is 0 Å². The molecule has 1 aromatic rings. The van der Waals surface area contributed by atoms with Crippen molar-refractivity contribution in [1.29, 1.82) is 0 Å². The molecule has 0 atom stereocenters. The Morgan fingerprint density at radius 1 is 1.20 bits per heavy atom. The molecule has 0 aliphatic rings. The standard InChI is InChI=1S/C10H17N3.C2H6/c1-5-8-9(6(2)3)7(4)12-10(11)13-8;1-2/h6H,5H2,1-4H3,(H2,11,12,13);1-2H3. The number of nitrogen functional groups attached to an aromatic ring is 1. The van der Waals surface area contributed by atoms with Crippen LogP contribution in [-0.2, 0) is 6.42 Å². The predicted molar refractivity (Wildman–Crippen MR) is 66.0 cm³/mol. The number of rotatable bonds is 2. The van der Waals surface area contributed by atoms with Crippen LogP contribution in [0.5, 0.6) is 0 Å². The second-order valence-electron chi connectivity index (χ2n) is 3.54. The molecule has 3 heteroatoms. The van der Waals surface area contributed by atoms with Gasteiger partial charge >= 0.3 is 0 Å². The highest BCUT2D eigenvalue weighted by Gasteiger charge is 2.11. The van der Waals surface area contributed by atoms with Gasteiger partial charge in [-0.15, -0.1) is 0 Å². The molecule has 0 saturated heterocycles. The molecule has 0 aliphatic carbocycles. The number of anilines is 1. The van der Waals surface area contributed by atoms with Gasteiger partial charge in [0.05, 0.1) is 0 Å². The van der Waals surface area contributed by atoms with Crippen molar-refractivity contribution in [3.05, 3.63) is 17.0 Å². The van der Waals surface area contributed by atoms with Crippen molar-refractivity contribution in [2.24, 2.45) is 0 Å². The lowest BCUT2D eigenvalue weighted by Crippen LogP contribution is -2.07. The lowest BCUT2D eigenvalue weighted by atomic mass is 9.98. The summed E-state index contributed by atoms with van der Waals surface area (Å²) in [6.07, 6.45) is 0.918. The van der Waals surface area contributed by atoms with E-state index in [2.05, 4.69) is 30.7 Å². The summed E-state index contributed by atoms with van der Waals surface area (Å²) in [4.78, 5) is 8.41. The fraction of sp³-hybridized carbons (Fsp3) is 0.667. The molecular weight excluding hydrogens is 186 g/mol. The minimum atomic E-state index is 0.388. The van der Waals surface area contributed by atoms with Crippen molar-refractivity contribution < 1.29 is 0 Å². The molecule has 1 rings (SSSR count). The first kappa shape index (κ1) is 13.9. The van der Waals surface area contributed by atoms with Gasteiger partial charge in [-0.3, -0.25) is 0 Å². The van der Waals surface area contributed by atoms with Gasteiger partial charge in [0, 0.05) is 11.4 Å². The summed E-state index contributed by atoms with van der Waals surface area (Å²) in [6.45, 7) is 12.4. The van der Waals surface area contributed by atoms with Crippen LogP contribution in [0.3, 0.4) is 0 Å². The first-order valence-corrected chi connectivity index (χ1v) is 5.69. The number of hydrogen-bond donors (Lipinski definition) is 1. The third-order valence-corrected chi connectivity index (χ3v) is 2.14. The van der Waals surface area contributed by atoms with Crippen molar-refractivity contribution >= 4 is 5.95 Å². The Kier molecular flexibility index (Phi) is 5.90. The molecule has 0 bridgehead atoms. The number of nitrogens with zero attached hydrogens (tertiary/aromatic N) is 2. The molecule has 0 radical (unpaired) electrons. The van der Waals surface area contributed by atoms with Crippen LogP contribution in [0.25, 0.3) is 0 Å². The zero-order chi connectivity index (χ0) is 12.0. The van der Waals surface area contributed by atoms with Crippen LogP contribution in [0, 0.1) is 6.92 Å². The highest BCUT2D eigenvalue weighted by Crippen LogP contribution is 2.21. The van der Waals surface area contributed by atoms with E-state index in [0.29, 0.717) is 11.9 Å². The van der Waals surface area contributed by atoms with Gasteiger partial charge in [-0.25, -0.2) is 9.97 Å². The maximum Gasteiger partial charge on any atom is 0.220 e. The maximum atomic E-state index is 5.58. The lowest BCUT2D eigenvalue weighted by molar-refractivity contribution is 0.797. The van der Waals surface area contributed by atoms with E-state index in [0.717, 1.165) is 17.8 Å². The van der Waals surface area contributed by atoms with Gasteiger partial charge in [0.15, 0.2) is 0 Å². The zero-order valence-corrected chi connectivity index (χ0v) is 10.8. The maximum absolute atomic E-state index is 5.58. The van der Waals surface area contributed by atoms with Crippen molar-refractivity contribution in [3.8, 4) is 0 Å². The van der Waals surface area contributed by atoms with E-state index in [1.807, 2.05) is 20.8 Å². The zero-order valence-electron chi connectivity index (χ0n) is 10.8. The molecule has 86 valence electrons. The highest BCUT2D eigenvalue weighted by molar-refractivity contribution is 5.33. The van der Waals surface area contributed by atoms with Crippen molar-refractivity contribution in [3.63, 3.8) is 0 Å². The summed E-state index contributed by atoms with van der Waals surface area (Å²) in [5.74, 6) is 0.856. The quantitative estimate of drug-likeness (QED) is 0.814. The predicted octanol–water partition coefficient (Wildman–Crippen LogP) is 3.08. The average Bonchev–Trinajstić information content (AvgIpc) is 2.18. The molecule has 1 heterocycles. The molecule has 0 amide bonds. The highest BCUT2D eigenvalue weighted by atomic mass is 15.0. The molecule has 0 saturated carbocycles. The van der Waals surface area contributed by atoms with E-state index in [4.69, 9.17) is 5.73 Å². The number of aryl methyl sites for hydroxylation is 2. The smallest absolute Gasteiger partial charge is 0.220 e. The summed E-state index contributed by atoms with van der Waals surface area (Å²) in [5.41, 5.74) is 8.93. The van der Waals surface area contributed by atoms with Crippen LogP contribution in [-0.4, -0.2) is 9.97 Å². The summed E-state index contributed by atoms with van der Waals surface area (Å²) in [5, 5.41) is 0. The van der Waals surface area contributed by atoms with E-state index < -0.39 is 0 Å². The number of nitrogens with two attached hydrogens (primary N) is 1. The third-order valence-electron chi connectivity index (χ3n) is 2.14. The van der Waals surface area contributed by atoms with Crippen molar-refractivity contribution in [1.82, 2.24) is 9.97 Å². The fourth-order valence-electron chi connectivity index (χ4n) is 1.68. The van der Waals surface area contributed by atoms with Crippen molar-refractivity contribution in [2.45, 2.75) is 53.9 Å². The lowest BCUT2D eigenvalue weighted by Gasteiger charge is -2.13. The molecule has 0 aliphatic heterocycles. The molecule has 1 aromatic heterocycles. The molecule has 0 unspecified atom stereocenters. The Bertz CT molecular complexity index is 306. The SMILES string of the molecule is CC.CCc1nc(N)nc(C)c1C(C)C. The van der Waals surface area contributed by atoms with Crippen LogP contribution in [0.2, 0.25) is 0 Å². The van der Waals surface area contributed by atoms with Gasteiger partial charge < -0.3 is 5.73 Å². The summed E-state index contributed by atoms with van der Waals surface area (Å²) in [7, 11) is 0. The first-order valence-electron chi connectivity index (χ1n) is 5.69. The normalized spacial score (nSPS) is 9.80. The fourth-order valence-corrected chi connectivity index (χ4v) is 1.68. The largest absolute Gasteiger partial charge is 0.368 e. The van der Waals surface area contributed by atoms with E-state index >= 15 is 0 Å². The van der Waals surface area contributed by atoms with Gasteiger partial charge in [0.25, 0.3) is 0 Å². The molecule has 0 aromatic carbocycles. The van der Waals surface area contributed by atoms with Crippen LogP contribution >= 0.6 is 0 Å². The Balaban J connectivity index is 0.000000921. The van der Waals surface area contributed by atoms with Gasteiger partial charge in [0.2, 0.25) is 5.95 Å². The van der Waals surface area contributed by atoms with Gasteiger partial charge in [0.1, 0.15) is 0 Å². The van der Waals surface area contributed by atoms with Gasteiger partial charge in [-0.05, 0) is 24.8 Å². The molecule has 2 N–H and O–H groups in total. The number of aromatic nitrogens is 2. The Labute approximate surface area is 93.1 Å². The molecule has 0 fully saturated rings. The third kappa shape index (κ3) is 3.50. The van der Waals surface area contributed by atoms with E-state index in [-0.39, 0.29) is 0 Å². The second kappa shape index (κ2) is 6.38. The first-order chi connectivity index (χ1) is 7.06. The van der Waals surface area contributed by atoms with Crippen LogP contribution in [0.1, 0.15) is 57.5 Å². The topological polar surface area (TPSA) is 51.8 Å². The Hall–Kier alpha value is -1.12.